The summed E-state index contributed by atoms with van der Waals surface area (Å²) >= 11 is 0. The number of Topliss-reactive ketones (excluding diaryl/α,β-unsaturated/α-hetero) is 1. The summed E-state index contributed by atoms with van der Waals surface area (Å²) in [5.74, 6) is -2.73. The number of phenols is 1. The lowest BCUT2D eigenvalue weighted by Crippen LogP contribution is -2.29. The average molecular weight is 583 g/mol. The van der Waals surface area contributed by atoms with Crippen molar-refractivity contribution in [2.24, 2.45) is 0 Å². The molecule has 1 fully saturated rings. The molecule has 1 aliphatic carbocycles. The highest BCUT2D eigenvalue weighted by Gasteiger charge is 2.38. The minimum Gasteiger partial charge on any atom is -0.507 e. The molecule has 0 aromatic heterocycles. The zero-order valence-corrected chi connectivity index (χ0v) is 24.3. The second-order valence-corrected chi connectivity index (χ2v) is 9.99. The number of benzene rings is 2. The van der Waals surface area contributed by atoms with Gasteiger partial charge in [-0.1, -0.05) is 0 Å². The van der Waals surface area contributed by atoms with E-state index in [1.807, 2.05) is 0 Å². The van der Waals surface area contributed by atoms with Crippen LogP contribution in [0.15, 0.2) is 30.0 Å². The molecule has 2 aliphatic rings. The van der Waals surface area contributed by atoms with Crippen molar-refractivity contribution in [3.8, 4) is 17.2 Å². The molecule has 0 bridgehead atoms. The molecule has 1 N–H and O–H groups in total. The van der Waals surface area contributed by atoms with Gasteiger partial charge >= 0.3 is 5.97 Å². The molecule has 224 valence electrons. The van der Waals surface area contributed by atoms with Gasteiger partial charge in [0.2, 0.25) is 5.78 Å². The Hall–Kier alpha value is -4.22. The number of allylic oxidation sites excluding steroid dienone is 1. The number of ketones is 3. The van der Waals surface area contributed by atoms with Crippen molar-refractivity contribution in [3.05, 3.63) is 63.4 Å². The quantitative estimate of drug-likeness (QED) is 0.190. The van der Waals surface area contributed by atoms with Gasteiger partial charge in [0.05, 0.1) is 64.8 Å². The van der Waals surface area contributed by atoms with Crippen LogP contribution < -0.4 is 9.47 Å². The lowest BCUT2D eigenvalue weighted by molar-refractivity contribution is -0.158. The Morgan fingerprint density at radius 3 is 2.31 bits per heavy atom. The van der Waals surface area contributed by atoms with E-state index in [2.05, 4.69) is 0 Å². The van der Waals surface area contributed by atoms with E-state index in [0.29, 0.717) is 24.3 Å². The number of aromatic hydroxyl groups is 1. The highest BCUT2D eigenvalue weighted by molar-refractivity contribution is 6.30. The fourth-order valence-electron chi connectivity index (χ4n) is 5.23. The molecule has 1 saturated heterocycles. The lowest BCUT2D eigenvalue weighted by Gasteiger charge is -2.26. The Morgan fingerprint density at radius 2 is 1.69 bits per heavy atom. The van der Waals surface area contributed by atoms with E-state index in [4.69, 9.17) is 28.4 Å². The van der Waals surface area contributed by atoms with Gasteiger partial charge in [-0.15, -0.1) is 0 Å². The number of hydrogen-bond acceptors (Lipinski definition) is 11. The number of phenolic OH excluding ortho intramolecular Hbond substituents is 1. The molecular weight excluding hydrogens is 548 g/mol. The smallest absolute Gasteiger partial charge is 0.333 e. The molecule has 2 aromatic carbocycles. The van der Waals surface area contributed by atoms with Crippen LogP contribution in [-0.2, 0) is 41.4 Å². The van der Waals surface area contributed by atoms with E-state index in [-0.39, 0.29) is 77.6 Å². The largest absolute Gasteiger partial charge is 0.507 e. The molecule has 2 aromatic rings. The molecule has 0 atom stereocenters. The molecule has 1 heterocycles. The van der Waals surface area contributed by atoms with Gasteiger partial charge in [0.1, 0.15) is 28.8 Å². The van der Waals surface area contributed by atoms with E-state index >= 15 is 0 Å². The van der Waals surface area contributed by atoms with Crippen LogP contribution in [0.1, 0.15) is 69.7 Å². The Morgan fingerprint density at radius 1 is 1.00 bits per heavy atom. The first-order chi connectivity index (χ1) is 20.0. The Kier molecular flexibility index (Phi) is 9.33. The standard InChI is InChI=1S/C31H34O11/c1-6-40-30-21(8-7-18(32)16-31(2)41-9-10-42-31)17(11-19(37-3)15-25(34)39-5)12-22-27(30)29(36)26-23(28(22)35)13-20(38-4)14-24(26)33/h12-15,33H,6-11,16H2,1-5H3/b19-15-. The summed E-state index contributed by atoms with van der Waals surface area (Å²) in [5.41, 5.74) is 0.887. The minimum absolute atomic E-state index is 0.00801. The van der Waals surface area contributed by atoms with Gasteiger partial charge < -0.3 is 33.5 Å². The molecule has 11 nitrogen and oxygen atoms in total. The number of carbonyl (C=O) groups is 4. The number of methoxy groups -OCH3 is 3. The fraction of sp³-hybridized carbons (Fsp3) is 0.419. The fourth-order valence-corrected chi connectivity index (χ4v) is 5.23. The van der Waals surface area contributed by atoms with E-state index in [1.54, 1.807) is 19.9 Å². The Bertz CT molecular complexity index is 1450. The van der Waals surface area contributed by atoms with Crippen LogP contribution in [0.25, 0.3) is 0 Å². The van der Waals surface area contributed by atoms with Gasteiger partial charge in [0.15, 0.2) is 11.6 Å². The molecule has 0 radical (unpaired) electrons. The minimum atomic E-state index is -1.00. The molecule has 42 heavy (non-hydrogen) atoms. The highest BCUT2D eigenvalue weighted by Crippen LogP contribution is 2.42. The van der Waals surface area contributed by atoms with Crippen LogP contribution >= 0.6 is 0 Å². The second-order valence-electron chi connectivity index (χ2n) is 9.99. The maximum absolute atomic E-state index is 13.9. The van der Waals surface area contributed by atoms with Crippen molar-refractivity contribution in [2.45, 2.75) is 45.3 Å². The van der Waals surface area contributed by atoms with Crippen molar-refractivity contribution in [3.63, 3.8) is 0 Å². The Labute approximate surface area is 243 Å². The molecule has 11 heteroatoms. The summed E-state index contributed by atoms with van der Waals surface area (Å²) in [6.45, 7) is 4.38. The second kappa shape index (κ2) is 12.7. The molecule has 1 aliphatic heterocycles. The monoisotopic (exact) mass is 582 g/mol. The topological polar surface area (TPSA) is 144 Å². The zero-order valence-electron chi connectivity index (χ0n) is 24.3. The van der Waals surface area contributed by atoms with Gasteiger partial charge in [-0.05, 0) is 43.5 Å². The van der Waals surface area contributed by atoms with E-state index in [0.717, 1.165) is 0 Å². The van der Waals surface area contributed by atoms with Crippen molar-refractivity contribution in [1.29, 1.82) is 0 Å². The van der Waals surface area contributed by atoms with Gasteiger partial charge in [-0.3, -0.25) is 14.4 Å². The van der Waals surface area contributed by atoms with Crippen molar-refractivity contribution >= 4 is 23.3 Å². The van der Waals surface area contributed by atoms with Crippen molar-refractivity contribution < 1.29 is 52.7 Å². The Balaban J connectivity index is 1.85. The van der Waals surface area contributed by atoms with Crippen LogP contribution in [0.4, 0.5) is 0 Å². The third-order valence-corrected chi connectivity index (χ3v) is 7.21. The van der Waals surface area contributed by atoms with Crippen LogP contribution in [-0.4, -0.2) is 75.4 Å². The summed E-state index contributed by atoms with van der Waals surface area (Å²) in [5, 5.41) is 10.7. The van der Waals surface area contributed by atoms with Crippen molar-refractivity contribution in [1.82, 2.24) is 0 Å². The first-order valence-corrected chi connectivity index (χ1v) is 13.5. The molecule has 0 saturated carbocycles. The zero-order chi connectivity index (χ0) is 30.6. The maximum Gasteiger partial charge on any atom is 0.333 e. The van der Waals surface area contributed by atoms with Gasteiger partial charge in [0.25, 0.3) is 0 Å². The average Bonchev–Trinajstić information content (AvgIpc) is 3.39. The maximum atomic E-state index is 13.9. The van der Waals surface area contributed by atoms with Gasteiger partial charge in [0, 0.05) is 30.0 Å². The van der Waals surface area contributed by atoms with Crippen LogP contribution in [0, 0.1) is 0 Å². The van der Waals surface area contributed by atoms with Gasteiger partial charge in [-0.25, -0.2) is 4.79 Å². The summed E-state index contributed by atoms with van der Waals surface area (Å²) in [6.07, 6.45) is 1.44. The van der Waals surface area contributed by atoms with E-state index in [1.165, 1.54) is 39.5 Å². The molecule has 0 unspecified atom stereocenters. The van der Waals surface area contributed by atoms with Crippen LogP contribution in [0.5, 0.6) is 17.2 Å². The number of rotatable bonds is 12. The third kappa shape index (κ3) is 6.17. The number of fused-ring (bicyclic) bond motifs is 2. The third-order valence-electron chi connectivity index (χ3n) is 7.21. The number of carbonyl (C=O) groups excluding carboxylic acids is 4. The van der Waals surface area contributed by atoms with Crippen LogP contribution in [0.3, 0.4) is 0 Å². The normalized spacial score (nSPS) is 15.6. The summed E-state index contributed by atoms with van der Waals surface area (Å²) < 4.78 is 32.5. The van der Waals surface area contributed by atoms with Gasteiger partial charge in [-0.2, -0.15) is 0 Å². The summed E-state index contributed by atoms with van der Waals surface area (Å²) in [4.78, 5) is 52.7. The molecule has 4 rings (SSSR count). The summed E-state index contributed by atoms with van der Waals surface area (Å²) in [7, 11) is 4.01. The molecule has 0 spiro atoms. The number of hydrogen-bond donors (Lipinski definition) is 1. The lowest BCUT2D eigenvalue weighted by atomic mass is 9.79. The highest BCUT2D eigenvalue weighted by atomic mass is 16.7. The van der Waals surface area contributed by atoms with Crippen molar-refractivity contribution in [2.75, 3.05) is 41.2 Å². The molecular formula is C31H34O11. The number of esters is 1. The first-order valence-electron chi connectivity index (χ1n) is 13.5. The molecule has 0 amide bonds. The first kappa shape index (κ1) is 30.7. The number of ether oxygens (including phenoxy) is 6. The predicted molar refractivity (Wildman–Crippen MR) is 148 cm³/mol. The SMILES string of the molecule is CCOc1c(CCC(=O)CC2(C)OCCO2)c(C/C(=C/C(=O)OC)OC)cc2c1C(=O)c1c(O)cc(OC)cc1C2=O. The summed E-state index contributed by atoms with van der Waals surface area (Å²) in [6, 6.07) is 4.21. The van der Waals surface area contributed by atoms with Crippen LogP contribution in [0.2, 0.25) is 0 Å². The predicted octanol–water partition coefficient (Wildman–Crippen LogP) is 3.48. The van der Waals surface area contributed by atoms with E-state index in [9.17, 15) is 24.3 Å². The van der Waals surface area contributed by atoms with E-state index < -0.39 is 29.1 Å².